The van der Waals surface area contributed by atoms with Crippen LogP contribution in [0.5, 0.6) is 11.5 Å². The van der Waals surface area contributed by atoms with Crippen molar-refractivity contribution in [3.8, 4) is 11.5 Å². The molecule has 7 heteroatoms. The molecule has 58 heavy (non-hydrogen) atoms. The first-order chi connectivity index (χ1) is 28.3. The van der Waals surface area contributed by atoms with E-state index in [1.807, 2.05) is 24.3 Å². The fourth-order valence-corrected chi connectivity index (χ4v) is 7.25. The van der Waals surface area contributed by atoms with Crippen molar-refractivity contribution in [3.63, 3.8) is 0 Å². The normalized spacial score (nSPS) is 14.2. The van der Waals surface area contributed by atoms with Crippen molar-refractivity contribution >= 4 is 50.1 Å². The van der Waals surface area contributed by atoms with Crippen LogP contribution in [0.2, 0.25) is 0 Å². The lowest BCUT2D eigenvalue weighted by atomic mass is 9.94. The van der Waals surface area contributed by atoms with Crippen molar-refractivity contribution in [2.75, 3.05) is 0 Å². The number of benzene rings is 7. The molecule has 7 nitrogen and oxygen atoms in total. The number of hydrogen-bond acceptors (Lipinski definition) is 7. The van der Waals surface area contributed by atoms with Gasteiger partial charge in [0.05, 0.1) is 11.4 Å². The number of carbonyl (C=O) groups is 1. The van der Waals surface area contributed by atoms with Gasteiger partial charge in [0.15, 0.2) is 5.78 Å². The number of aryl methyl sites for hydroxylation is 4. The van der Waals surface area contributed by atoms with E-state index >= 15 is 0 Å². The average molecular weight is 761 g/mol. The molecule has 1 aliphatic carbocycles. The molecule has 0 bridgehead atoms. The van der Waals surface area contributed by atoms with Gasteiger partial charge in [0, 0.05) is 21.9 Å². The summed E-state index contributed by atoms with van der Waals surface area (Å²) in [6.07, 6.45) is 11.7. The fraction of sp³-hybridized carbons (Fsp3) is 0.157. The number of fused-ring (bicyclic) bond motifs is 2. The van der Waals surface area contributed by atoms with Gasteiger partial charge in [-0.25, -0.2) is 0 Å². The number of carbonyl (C=O) groups excluding carboxylic acids is 1. The van der Waals surface area contributed by atoms with E-state index in [0.29, 0.717) is 39.8 Å². The Kier molecular flexibility index (Phi) is 11.1. The molecule has 0 amide bonds. The Morgan fingerprint density at radius 1 is 0.569 bits per heavy atom. The molecule has 1 unspecified atom stereocenters. The minimum Gasteiger partial charge on any atom is -0.506 e. The summed E-state index contributed by atoms with van der Waals surface area (Å²) in [5, 5.41) is 42.6. The fourth-order valence-electron chi connectivity index (χ4n) is 7.25. The number of azo groups is 2. The zero-order valence-electron chi connectivity index (χ0n) is 32.6. The predicted molar refractivity (Wildman–Crippen MR) is 234 cm³/mol. The molecule has 0 saturated carbocycles. The summed E-state index contributed by atoms with van der Waals surface area (Å²) in [5.41, 5.74) is 9.28. The lowest BCUT2D eigenvalue weighted by Crippen LogP contribution is -2.00. The Bertz CT molecular complexity index is 2750. The van der Waals surface area contributed by atoms with Gasteiger partial charge in [0.1, 0.15) is 22.9 Å². The zero-order valence-corrected chi connectivity index (χ0v) is 32.6. The summed E-state index contributed by atoms with van der Waals surface area (Å²) in [5.74, 6) is 0.561. The monoisotopic (exact) mass is 760 g/mol. The molecule has 0 aliphatic heterocycles. The molecule has 2 N–H and O–H groups in total. The zero-order chi connectivity index (χ0) is 40.0. The number of hydrogen-bond donors (Lipinski definition) is 2. The van der Waals surface area contributed by atoms with Crippen LogP contribution in [0.15, 0.2) is 178 Å². The molecule has 0 fully saturated rings. The van der Waals surface area contributed by atoms with Crippen LogP contribution in [0.3, 0.4) is 0 Å². The first-order valence-electron chi connectivity index (χ1n) is 19.8. The maximum atomic E-state index is 13.4. The highest BCUT2D eigenvalue weighted by atomic mass is 16.3. The van der Waals surface area contributed by atoms with Crippen molar-refractivity contribution in [2.45, 2.75) is 46.0 Å². The third kappa shape index (κ3) is 8.85. The molecule has 1 aliphatic rings. The minimum atomic E-state index is -0.148. The molecule has 0 aromatic heterocycles. The summed E-state index contributed by atoms with van der Waals surface area (Å²) in [7, 11) is 0. The highest BCUT2D eigenvalue weighted by Gasteiger charge is 2.12. The third-order valence-electron chi connectivity index (χ3n) is 10.8. The van der Waals surface area contributed by atoms with Gasteiger partial charge in [-0.05, 0) is 133 Å². The lowest BCUT2D eigenvalue weighted by molar-refractivity contribution is 0.103. The largest absolute Gasteiger partial charge is 0.506 e. The van der Waals surface area contributed by atoms with Crippen LogP contribution in [0.25, 0.3) is 21.5 Å². The quantitative estimate of drug-likeness (QED) is 0.0956. The molecule has 8 rings (SSSR count). The number of allylic oxidation sites excluding steroid dienone is 4. The molecule has 7 aromatic carbocycles. The van der Waals surface area contributed by atoms with Gasteiger partial charge in [0.2, 0.25) is 0 Å². The second kappa shape index (κ2) is 17.0. The highest BCUT2D eigenvalue weighted by molar-refractivity contribution is 6.09. The Balaban J connectivity index is 0.904. The third-order valence-corrected chi connectivity index (χ3v) is 10.8. The van der Waals surface area contributed by atoms with Crippen LogP contribution in [-0.4, -0.2) is 16.0 Å². The SMILES string of the molecule is Cc1ccc(CCc2ccc3c(N=Nc4ccc(C(=O)c5ccc(N=Nc6c(O)ccc7cc(CCC8=CCC(C)C=C8)ccc67)cc5)cc4)c(O)ccc3c2)cc1. The van der Waals surface area contributed by atoms with Gasteiger partial charge >= 0.3 is 0 Å². The summed E-state index contributed by atoms with van der Waals surface area (Å²) >= 11 is 0. The van der Waals surface area contributed by atoms with E-state index < -0.39 is 0 Å². The van der Waals surface area contributed by atoms with Gasteiger partial charge in [-0.2, -0.15) is 10.2 Å². The molecule has 0 radical (unpaired) electrons. The summed E-state index contributed by atoms with van der Waals surface area (Å²) in [4.78, 5) is 13.4. The number of rotatable bonds is 12. The highest BCUT2D eigenvalue weighted by Crippen LogP contribution is 2.38. The Morgan fingerprint density at radius 2 is 1.05 bits per heavy atom. The van der Waals surface area contributed by atoms with Gasteiger partial charge in [-0.1, -0.05) is 109 Å². The molecule has 0 heterocycles. The predicted octanol–water partition coefficient (Wildman–Crippen LogP) is 14.0. The van der Waals surface area contributed by atoms with Crippen molar-refractivity contribution in [1.82, 2.24) is 0 Å². The molecular formula is C51H44N4O3. The Hall–Kier alpha value is -6.99. The first kappa shape index (κ1) is 37.9. The Labute approximate surface area is 338 Å². The van der Waals surface area contributed by atoms with Crippen LogP contribution in [0.1, 0.15) is 57.9 Å². The number of nitrogens with zero attached hydrogens (tertiary/aromatic N) is 4. The summed E-state index contributed by atoms with van der Waals surface area (Å²) < 4.78 is 0. The first-order valence-corrected chi connectivity index (χ1v) is 19.8. The molecular weight excluding hydrogens is 717 g/mol. The number of ketones is 1. The van der Waals surface area contributed by atoms with E-state index in [-0.39, 0.29) is 17.3 Å². The smallest absolute Gasteiger partial charge is 0.193 e. The maximum absolute atomic E-state index is 13.4. The van der Waals surface area contributed by atoms with Crippen molar-refractivity contribution in [3.05, 3.63) is 191 Å². The van der Waals surface area contributed by atoms with E-state index in [4.69, 9.17) is 0 Å². The molecule has 286 valence electrons. The van der Waals surface area contributed by atoms with E-state index in [2.05, 4.69) is 101 Å². The average Bonchev–Trinajstić information content (AvgIpc) is 3.25. The van der Waals surface area contributed by atoms with Crippen molar-refractivity contribution in [1.29, 1.82) is 0 Å². The molecule has 0 saturated heterocycles. The van der Waals surface area contributed by atoms with Crippen LogP contribution in [0.4, 0.5) is 22.7 Å². The minimum absolute atomic E-state index is 0.0486. The number of phenolic OH excluding ortho intramolecular Hbond substituents is 2. The van der Waals surface area contributed by atoms with E-state index in [9.17, 15) is 15.0 Å². The van der Waals surface area contributed by atoms with E-state index in [1.165, 1.54) is 27.8 Å². The second-order valence-corrected chi connectivity index (χ2v) is 15.1. The van der Waals surface area contributed by atoms with Gasteiger partial charge < -0.3 is 10.2 Å². The lowest BCUT2D eigenvalue weighted by Gasteiger charge is -2.12. The topological polar surface area (TPSA) is 107 Å². The van der Waals surface area contributed by atoms with Crippen LogP contribution in [-0.2, 0) is 19.3 Å². The summed E-state index contributed by atoms with van der Waals surface area (Å²) in [6.45, 7) is 4.32. The van der Waals surface area contributed by atoms with Crippen LogP contribution in [0, 0.1) is 12.8 Å². The maximum Gasteiger partial charge on any atom is 0.193 e. The Morgan fingerprint density at radius 3 is 1.55 bits per heavy atom. The van der Waals surface area contributed by atoms with E-state index in [0.717, 1.165) is 53.6 Å². The molecule has 7 aromatic rings. The van der Waals surface area contributed by atoms with Gasteiger partial charge in [-0.15, -0.1) is 10.2 Å². The van der Waals surface area contributed by atoms with Gasteiger partial charge in [0.25, 0.3) is 0 Å². The standard InChI is InChI=1S/C51H44N4O3/c1-33-3-7-35(8-4-33)11-13-37-15-27-45-41(31-37)21-29-47(56)49(45)54-52-43-23-17-39(18-24-43)51(58)40-19-25-44(26-20-40)53-55-50-46-28-16-38(32-42(46)22-30-48(50)57)14-12-36-9-5-34(2)6-10-36/h3-5,7-10,15-32,34,56-57H,6,11-14H2,1-2H3. The van der Waals surface area contributed by atoms with Gasteiger partial charge in [-0.3, -0.25) is 4.79 Å². The van der Waals surface area contributed by atoms with Crippen molar-refractivity contribution in [2.24, 2.45) is 26.4 Å². The molecule has 0 spiro atoms. The second-order valence-electron chi connectivity index (χ2n) is 15.1. The number of aromatic hydroxyl groups is 2. The molecule has 1 atom stereocenters. The summed E-state index contributed by atoms with van der Waals surface area (Å²) in [6, 6.07) is 42.0. The van der Waals surface area contributed by atoms with E-state index in [1.54, 1.807) is 60.7 Å². The van der Waals surface area contributed by atoms with Crippen molar-refractivity contribution < 1.29 is 15.0 Å². The number of phenols is 2. The van der Waals surface area contributed by atoms with Crippen LogP contribution >= 0.6 is 0 Å². The van der Waals surface area contributed by atoms with Crippen LogP contribution < -0.4 is 0 Å².